The topological polar surface area (TPSA) is 76.8 Å². The molecule has 0 radical (unpaired) electrons. The van der Waals surface area contributed by atoms with E-state index in [1.807, 2.05) is 31.6 Å². The number of rotatable bonds is 7. The van der Waals surface area contributed by atoms with Gasteiger partial charge in [0.1, 0.15) is 6.10 Å². The van der Waals surface area contributed by atoms with Crippen molar-refractivity contribution in [3.8, 4) is 5.88 Å². The lowest BCUT2D eigenvalue weighted by Gasteiger charge is -2.34. The van der Waals surface area contributed by atoms with Crippen LogP contribution in [0.5, 0.6) is 5.88 Å². The van der Waals surface area contributed by atoms with Crippen LogP contribution in [0.3, 0.4) is 0 Å². The predicted octanol–water partition coefficient (Wildman–Crippen LogP) is 2.76. The van der Waals surface area contributed by atoms with Gasteiger partial charge in [-0.2, -0.15) is 5.10 Å². The van der Waals surface area contributed by atoms with Crippen LogP contribution in [0.2, 0.25) is 0 Å². The van der Waals surface area contributed by atoms with Crippen molar-refractivity contribution in [1.29, 1.82) is 0 Å². The third-order valence-corrected chi connectivity index (χ3v) is 4.49. The fourth-order valence-corrected chi connectivity index (χ4v) is 3.11. The van der Waals surface area contributed by atoms with Crippen molar-refractivity contribution in [1.82, 2.24) is 25.0 Å². The fraction of sp³-hybridized carbons (Fsp3) is 0.550. The first kappa shape index (κ1) is 23.4. The number of hydrogen-bond acceptors (Lipinski definition) is 5. The van der Waals surface area contributed by atoms with Crippen molar-refractivity contribution in [2.24, 2.45) is 12.0 Å². The maximum atomic E-state index is 5.95. The number of aryl methyl sites for hydroxylation is 1. The summed E-state index contributed by atoms with van der Waals surface area (Å²) in [6.07, 6.45) is 6.57. The summed E-state index contributed by atoms with van der Waals surface area (Å²) in [5, 5.41) is 7.66. The number of aromatic nitrogens is 3. The molecule has 1 fully saturated rings. The molecule has 0 amide bonds. The summed E-state index contributed by atoms with van der Waals surface area (Å²) in [5.74, 6) is 1.55. The molecule has 1 aliphatic rings. The highest BCUT2D eigenvalue weighted by molar-refractivity contribution is 14.0. The van der Waals surface area contributed by atoms with Gasteiger partial charge < -0.3 is 19.7 Å². The number of aliphatic imine (C=N–C) groups is 1. The van der Waals surface area contributed by atoms with Gasteiger partial charge in [-0.3, -0.25) is 4.68 Å². The monoisotopic (exact) mass is 514 g/mol. The first-order valence-electron chi connectivity index (χ1n) is 9.91. The Kier molecular flexibility index (Phi) is 9.65. The van der Waals surface area contributed by atoms with Crippen LogP contribution in [0.4, 0.5) is 0 Å². The molecule has 0 spiro atoms. The first-order chi connectivity index (χ1) is 13.7. The minimum absolute atomic E-state index is 0. The predicted molar refractivity (Wildman–Crippen MR) is 124 cm³/mol. The minimum Gasteiger partial charge on any atom is -0.477 e. The second kappa shape index (κ2) is 12.0. The van der Waals surface area contributed by atoms with Gasteiger partial charge in [0.25, 0.3) is 0 Å². The van der Waals surface area contributed by atoms with Crippen LogP contribution in [0.15, 0.2) is 35.7 Å². The van der Waals surface area contributed by atoms with Crippen molar-refractivity contribution in [2.45, 2.75) is 32.9 Å². The van der Waals surface area contributed by atoms with E-state index < -0.39 is 0 Å². The molecule has 0 aromatic carbocycles. The molecule has 29 heavy (non-hydrogen) atoms. The largest absolute Gasteiger partial charge is 0.477 e. The van der Waals surface area contributed by atoms with Gasteiger partial charge in [-0.1, -0.05) is 13.0 Å². The number of nitrogens with one attached hydrogen (secondary N) is 1. The number of hydrogen-bond donors (Lipinski definition) is 1. The lowest BCUT2D eigenvalue weighted by atomic mass is 10.1. The van der Waals surface area contributed by atoms with Crippen LogP contribution >= 0.6 is 24.0 Å². The Morgan fingerprint density at radius 1 is 1.41 bits per heavy atom. The highest BCUT2D eigenvalue weighted by atomic mass is 127. The lowest BCUT2D eigenvalue weighted by Crippen LogP contribution is -2.48. The number of pyridine rings is 1. The second-order valence-corrected chi connectivity index (χ2v) is 6.74. The summed E-state index contributed by atoms with van der Waals surface area (Å²) in [5.41, 5.74) is 2.08. The van der Waals surface area contributed by atoms with Gasteiger partial charge in [0.2, 0.25) is 5.88 Å². The molecule has 1 aliphatic heterocycles. The van der Waals surface area contributed by atoms with Crippen LogP contribution in [0, 0.1) is 0 Å². The molecule has 3 heterocycles. The van der Waals surface area contributed by atoms with Crippen LogP contribution in [0.25, 0.3) is 0 Å². The Balaban J connectivity index is 0.00000300. The third-order valence-electron chi connectivity index (χ3n) is 4.49. The van der Waals surface area contributed by atoms with Crippen molar-refractivity contribution in [2.75, 3.05) is 32.8 Å². The van der Waals surface area contributed by atoms with Gasteiger partial charge in [0, 0.05) is 43.7 Å². The molecule has 160 valence electrons. The summed E-state index contributed by atoms with van der Waals surface area (Å²) in [7, 11) is 1.92. The van der Waals surface area contributed by atoms with E-state index in [0.29, 0.717) is 25.6 Å². The first-order valence-corrected chi connectivity index (χ1v) is 9.91. The zero-order valence-corrected chi connectivity index (χ0v) is 19.7. The molecular weight excluding hydrogens is 483 g/mol. The Labute approximate surface area is 189 Å². The van der Waals surface area contributed by atoms with E-state index in [1.54, 1.807) is 10.9 Å². The van der Waals surface area contributed by atoms with Crippen LogP contribution < -0.4 is 10.1 Å². The minimum atomic E-state index is -0.00635. The molecule has 1 N–H and O–H groups in total. The summed E-state index contributed by atoms with van der Waals surface area (Å²) < 4.78 is 13.5. The Hall–Kier alpha value is -1.88. The molecule has 3 rings (SSSR count). The molecule has 0 aliphatic carbocycles. The average Bonchev–Trinajstić information content (AvgIpc) is 3.16. The number of ether oxygens (including phenoxy) is 2. The zero-order chi connectivity index (χ0) is 19.8. The second-order valence-electron chi connectivity index (χ2n) is 6.74. The summed E-state index contributed by atoms with van der Waals surface area (Å²) in [4.78, 5) is 11.4. The Morgan fingerprint density at radius 2 is 2.28 bits per heavy atom. The standard InChI is InChI=1S/C20H30N6O2.HI/c1-4-10-28-19-16(7-6-8-22-19)12-23-20(21-5-2)26-9-11-27-18(15-26)17-13-24-25(3)14-17;/h6-8,13-14,18H,4-5,9-12,15H2,1-3H3,(H,21,23);1H. The summed E-state index contributed by atoms with van der Waals surface area (Å²) in [6.45, 7) is 8.34. The molecule has 0 bridgehead atoms. The molecule has 0 saturated carbocycles. The lowest BCUT2D eigenvalue weighted by molar-refractivity contribution is -0.00805. The van der Waals surface area contributed by atoms with E-state index in [2.05, 4.69) is 34.1 Å². The molecular formula is C20H31IN6O2. The molecule has 2 aromatic rings. The van der Waals surface area contributed by atoms with Crippen molar-refractivity contribution >= 4 is 29.9 Å². The molecule has 8 nitrogen and oxygen atoms in total. The van der Waals surface area contributed by atoms with E-state index in [-0.39, 0.29) is 30.1 Å². The van der Waals surface area contributed by atoms with Gasteiger partial charge in [0.15, 0.2) is 5.96 Å². The molecule has 1 saturated heterocycles. The molecule has 1 unspecified atom stereocenters. The van der Waals surface area contributed by atoms with Crippen molar-refractivity contribution in [3.05, 3.63) is 41.9 Å². The van der Waals surface area contributed by atoms with Crippen LogP contribution in [0.1, 0.15) is 37.5 Å². The van der Waals surface area contributed by atoms with Crippen LogP contribution in [-0.2, 0) is 18.3 Å². The Morgan fingerprint density at radius 3 is 3.00 bits per heavy atom. The number of guanidine groups is 1. The zero-order valence-electron chi connectivity index (χ0n) is 17.4. The third kappa shape index (κ3) is 6.56. The van der Waals surface area contributed by atoms with Crippen molar-refractivity contribution < 1.29 is 9.47 Å². The van der Waals surface area contributed by atoms with Crippen LogP contribution in [-0.4, -0.2) is 58.5 Å². The SMILES string of the molecule is CCCOc1ncccc1CN=C(NCC)N1CCOC(c2cnn(C)c2)C1.I. The highest BCUT2D eigenvalue weighted by Crippen LogP contribution is 2.22. The highest BCUT2D eigenvalue weighted by Gasteiger charge is 2.25. The summed E-state index contributed by atoms with van der Waals surface area (Å²) >= 11 is 0. The number of morpholine rings is 1. The normalized spacial score (nSPS) is 17.0. The molecule has 9 heteroatoms. The maximum absolute atomic E-state index is 5.95. The van der Waals surface area contributed by atoms with E-state index in [0.717, 1.165) is 43.1 Å². The van der Waals surface area contributed by atoms with E-state index >= 15 is 0 Å². The average molecular weight is 514 g/mol. The van der Waals surface area contributed by atoms with E-state index in [4.69, 9.17) is 14.5 Å². The summed E-state index contributed by atoms with van der Waals surface area (Å²) in [6, 6.07) is 3.94. The number of nitrogens with zero attached hydrogens (tertiary/aromatic N) is 5. The van der Waals surface area contributed by atoms with Gasteiger partial charge in [0.05, 0.1) is 32.5 Å². The molecule has 1 atom stereocenters. The molecule has 2 aromatic heterocycles. The number of halogens is 1. The van der Waals surface area contributed by atoms with Crippen molar-refractivity contribution in [3.63, 3.8) is 0 Å². The van der Waals surface area contributed by atoms with Gasteiger partial charge in [-0.25, -0.2) is 9.98 Å². The maximum Gasteiger partial charge on any atom is 0.218 e. The smallest absolute Gasteiger partial charge is 0.218 e. The van der Waals surface area contributed by atoms with Gasteiger partial charge >= 0.3 is 0 Å². The van der Waals surface area contributed by atoms with E-state index in [9.17, 15) is 0 Å². The van der Waals surface area contributed by atoms with Gasteiger partial charge in [-0.15, -0.1) is 24.0 Å². The quantitative estimate of drug-likeness (QED) is 0.348. The van der Waals surface area contributed by atoms with E-state index in [1.165, 1.54) is 0 Å². The van der Waals surface area contributed by atoms with Gasteiger partial charge in [-0.05, 0) is 19.4 Å². The Bertz CT molecular complexity index is 782. The fourth-order valence-electron chi connectivity index (χ4n) is 3.11.